The first-order valence-corrected chi connectivity index (χ1v) is 10.1. The molecule has 0 aliphatic carbocycles. The second-order valence-electron chi connectivity index (χ2n) is 7.43. The SMILES string of the molecule is CC(C(=O)COc1ccc(Cl)cc1)C1CN=CC(C(=O)O)c2[nH]c3ccccc3c21. The molecule has 2 N–H and O–H groups in total. The number of hydrogen-bond donors (Lipinski definition) is 2. The minimum atomic E-state index is -0.975. The highest BCUT2D eigenvalue weighted by molar-refractivity contribution is 6.30. The average Bonchev–Trinajstić information content (AvgIpc) is 3.00. The van der Waals surface area contributed by atoms with Crippen molar-refractivity contribution in [2.75, 3.05) is 13.2 Å². The third-order valence-corrected chi connectivity index (χ3v) is 5.84. The van der Waals surface area contributed by atoms with Crippen LogP contribution in [-0.4, -0.2) is 41.2 Å². The fourth-order valence-corrected chi connectivity index (χ4v) is 4.04. The highest BCUT2D eigenvalue weighted by atomic mass is 35.5. The summed E-state index contributed by atoms with van der Waals surface area (Å²) in [5.74, 6) is -2.01. The Morgan fingerprint density at radius 1 is 1.23 bits per heavy atom. The van der Waals surface area contributed by atoms with Gasteiger partial charge in [0.15, 0.2) is 5.78 Å². The van der Waals surface area contributed by atoms with Crippen LogP contribution in [0.3, 0.4) is 0 Å². The van der Waals surface area contributed by atoms with E-state index in [4.69, 9.17) is 16.3 Å². The van der Waals surface area contributed by atoms with Gasteiger partial charge in [-0.2, -0.15) is 0 Å². The van der Waals surface area contributed by atoms with Gasteiger partial charge >= 0.3 is 5.97 Å². The second-order valence-corrected chi connectivity index (χ2v) is 7.87. The van der Waals surface area contributed by atoms with E-state index in [9.17, 15) is 14.7 Å². The number of Topliss-reactive ketones (excluding diaryl/α,β-unsaturated/α-hetero) is 1. The molecule has 3 aromatic rings. The van der Waals surface area contributed by atoms with Gasteiger partial charge < -0.3 is 14.8 Å². The molecule has 30 heavy (non-hydrogen) atoms. The van der Waals surface area contributed by atoms with E-state index in [1.807, 2.05) is 31.2 Å². The molecule has 0 spiro atoms. The van der Waals surface area contributed by atoms with E-state index in [0.717, 1.165) is 16.5 Å². The molecule has 2 heterocycles. The van der Waals surface area contributed by atoms with Gasteiger partial charge in [-0.25, -0.2) is 0 Å². The number of H-pyrrole nitrogens is 1. The van der Waals surface area contributed by atoms with Crippen LogP contribution < -0.4 is 4.74 Å². The van der Waals surface area contributed by atoms with Crippen molar-refractivity contribution < 1.29 is 19.4 Å². The first-order chi connectivity index (χ1) is 14.5. The molecule has 4 rings (SSSR count). The van der Waals surface area contributed by atoms with Crippen molar-refractivity contribution in [1.29, 1.82) is 0 Å². The van der Waals surface area contributed by atoms with Gasteiger partial charge in [-0.05, 0) is 35.9 Å². The molecule has 1 aromatic heterocycles. The number of hydrogen-bond acceptors (Lipinski definition) is 4. The maximum atomic E-state index is 12.9. The smallest absolute Gasteiger partial charge is 0.318 e. The normalized spacial score (nSPS) is 19.1. The van der Waals surface area contributed by atoms with Crippen molar-refractivity contribution in [3.05, 3.63) is 64.8 Å². The average molecular weight is 425 g/mol. The van der Waals surface area contributed by atoms with Gasteiger partial charge in [-0.3, -0.25) is 14.6 Å². The molecule has 3 atom stereocenters. The summed E-state index contributed by atoms with van der Waals surface area (Å²) in [6.07, 6.45) is 1.46. The number of aliphatic imine (C=N–C) groups is 1. The van der Waals surface area contributed by atoms with Crippen LogP contribution in [0.2, 0.25) is 5.02 Å². The number of halogens is 1. The van der Waals surface area contributed by atoms with Gasteiger partial charge in [0.1, 0.15) is 18.3 Å². The Balaban J connectivity index is 1.63. The number of carbonyl (C=O) groups excluding carboxylic acids is 1. The molecule has 0 fully saturated rings. The van der Waals surface area contributed by atoms with Gasteiger partial charge in [-0.1, -0.05) is 36.7 Å². The molecular formula is C23H21ClN2O4. The van der Waals surface area contributed by atoms with Crippen molar-refractivity contribution in [2.45, 2.75) is 18.8 Å². The summed E-state index contributed by atoms with van der Waals surface area (Å²) in [6.45, 7) is 2.11. The van der Waals surface area contributed by atoms with E-state index in [0.29, 0.717) is 23.0 Å². The Morgan fingerprint density at radius 3 is 2.70 bits per heavy atom. The van der Waals surface area contributed by atoms with Gasteiger partial charge in [0.25, 0.3) is 0 Å². The summed E-state index contributed by atoms with van der Waals surface area (Å²) in [4.78, 5) is 32.4. The molecule has 0 bridgehead atoms. The monoisotopic (exact) mass is 424 g/mol. The van der Waals surface area contributed by atoms with Crippen molar-refractivity contribution >= 4 is 40.5 Å². The molecule has 0 saturated heterocycles. The number of aromatic nitrogens is 1. The van der Waals surface area contributed by atoms with E-state index < -0.39 is 17.8 Å². The van der Waals surface area contributed by atoms with Crippen LogP contribution in [0.5, 0.6) is 5.75 Å². The fraction of sp³-hybridized carbons (Fsp3) is 0.261. The molecule has 3 unspecified atom stereocenters. The molecule has 6 nitrogen and oxygen atoms in total. The Hall–Kier alpha value is -3.12. The van der Waals surface area contributed by atoms with Crippen LogP contribution in [0.25, 0.3) is 10.9 Å². The fourth-order valence-electron chi connectivity index (χ4n) is 3.91. The second kappa shape index (κ2) is 8.32. The number of carboxylic acids is 1. The van der Waals surface area contributed by atoms with E-state index in [-0.39, 0.29) is 18.3 Å². The van der Waals surface area contributed by atoms with E-state index >= 15 is 0 Å². The summed E-state index contributed by atoms with van der Waals surface area (Å²) < 4.78 is 5.63. The molecule has 154 valence electrons. The standard InChI is InChI=1S/C23H21ClN2O4/c1-13(20(27)12-30-15-8-6-14(24)7-9-15)17-10-25-11-18(23(28)29)22-21(17)16-4-2-3-5-19(16)26-22/h2-9,11,13,17-18,26H,10,12H2,1H3,(H,28,29). The molecular weight excluding hydrogens is 404 g/mol. The number of benzene rings is 2. The number of rotatable bonds is 6. The molecule has 2 aromatic carbocycles. The van der Waals surface area contributed by atoms with Crippen LogP contribution in [-0.2, 0) is 9.59 Å². The molecule has 0 saturated carbocycles. The number of fused-ring (bicyclic) bond motifs is 3. The zero-order chi connectivity index (χ0) is 21.3. The molecule has 0 radical (unpaired) electrons. The zero-order valence-electron chi connectivity index (χ0n) is 16.3. The third kappa shape index (κ3) is 3.83. The van der Waals surface area contributed by atoms with Crippen LogP contribution in [0.15, 0.2) is 53.5 Å². The summed E-state index contributed by atoms with van der Waals surface area (Å²) >= 11 is 5.88. The lowest BCUT2D eigenvalue weighted by Gasteiger charge is -2.22. The van der Waals surface area contributed by atoms with E-state index in [1.165, 1.54) is 6.21 Å². The van der Waals surface area contributed by atoms with E-state index in [2.05, 4.69) is 9.98 Å². The minimum absolute atomic E-state index is 0.0739. The number of ether oxygens (including phenoxy) is 1. The quantitative estimate of drug-likeness (QED) is 0.611. The van der Waals surface area contributed by atoms with Crippen molar-refractivity contribution in [1.82, 2.24) is 4.98 Å². The molecule has 7 heteroatoms. The van der Waals surface area contributed by atoms with Gasteiger partial charge in [-0.15, -0.1) is 0 Å². The van der Waals surface area contributed by atoms with Gasteiger partial charge in [0, 0.05) is 46.2 Å². The summed E-state index contributed by atoms with van der Waals surface area (Å²) in [6, 6.07) is 14.5. The largest absolute Gasteiger partial charge is 0.486 e. The highest BCUT2D eigenvalue weighted by Crippen LogP contribution is 2.39. The van der Waals surface area contributed by atoms with Crippen LogP contribution in [0.4, 0.5) is 0 Å². The molecule has 1 aliphatic heterocycles. The van der Waals surface area contributed by atoms with Crippen molar-refractivity contribution in [3.63, 3.8) is 0 Å². The molecule has 0 amide bonds. The number of nitrogens with zero attached hydrogens (tertiary/aromatic N) is 1. The Kier molecular flexibility index (Phi) is 5.59. The van der Waals surface area contributed by atoms with Crippen molar-refractivity contribution in [2.24, 2.45) is 10.9 Å². The zero-order valence-corrected chi connectivity index (χ0v) is 17.1. The first kappa shape index (κ1) is 20.2. The third-order valence-electron chi connectivity index (χ3n) is 5.59. The lowest BCUT2D eigenvalue weighted by molar-refractivity contribution is -0.137. The van der Waals surface area contributed by atoms with Crippen LogP contribution in [0.1, 0.15) is 30.0 Å². The first-order valence-electron chi connectivity index (χ1n) is 9.70. The number of nitrogens with one attached hydrogen (secondary N) is 1. The lowest BCUT2D eigenvalue weighted by atomic mass is 9.82. The van der Waals surface area contributed by atoms with Crippen LogP contribution in [0, 0.1) is 5.92 Å². The number of aromatic amines is 1. The predicted octanol–water partition coefficient (Wildman–Crippen LogP) is 4.44. The van der Waals surface area contributed by atoms with E-state index in [1.54, 1.807) is 24.3 Å². The topological polar surface area (TPSA) is 91.8 Å². The summed E-state index contributed by atoms with van der Waals surface area (Å²) in [7, 11) is 0. The maximum absolute atomic E-state index is 12.9. The summed E-state index contributed by atoms with van der Waals surface area (Å²) in [5.41, 5.74) is 2.29. The number of carboxylic acid groups (broad SMARTS) is 1. The Bertz CT molecular complexity index is 1120. The highest BCUT2D eigenvalue weighted by Gasteiger charge is 2.35. The number of ketones is 1. The Labute approximate surface area is 178 Å². The predicted molar refractivity (Wildman–Crippen MR) is 116 cm³/mol. The minimum Gasteiger partial charge on any atom is -0.486 e. The Morgan fingerprint density at radius 2 is 1.97 bits per heavy atom. The molecule has 1 aliphatic rings. The number of carbonyl (C=O) groups is 2. The van der Waals surface area contributed by atoms with Gasteiger partial charge in [0.2, 0.25) is 0 Å². The van der Waals surface area contributed by atoms with Crippen LogP contribution >= 0.6 is 11.6 Å². The lowest BCUT2D eigenvalue weighted by Crippen LogP contribution is -2.27. The van der Waals surface area contributed by atoms with Crippen molar-refractivity contribution in [3.8, 4) is 5.75 Å². The summed E-state index contributed by atoms with van der Waals surface area (Å²) in [5, 5.41) is 11.2. The maximum Gasteiger partial charge on any atom is 0.318 e. The van der Waals surface area contributed by atoms with Gasteiger partial charge in [0.05, 0.1) is 0 Å². The number of para-hydroxylation sites is 1. The number of aliphatic carboxylic acids is 1.